The molecule has 4 aliphatic rings. The second kappa shape index (κ2) is 13.3. The third kappa shape index (κ3) is 5.65. The molecule has 3 aromatic carbocycles. The summed E-state index contributed by atoms with van der Waals surface area (Å²) in [7, 11) is 1.38. The first kappa shape index (κ1) is 36.8. The lowest BCUT2D eigenvalue weighted by atomic mass is 9.49. The fraction of sp³-hybridized carbons (Fsp3) is 0.256. The van der Waals surface area contributed by atoms with E-state index in [1.165, 1.54) is 19.2 Å². The molecule has 8 rings (SSSR count). The highest BCUT2D eigenvalue weighted by molar-refractivity contribution is 6.33. The number of allylic oxidation sites excluding steroid dienone is 2. The number of imide groups is 2. The summed E-state index contributed by atoms with van der Waals surface area (Å²) in [6.07, 6.45) is -2.33. The number of anilines is 2. The van der Waals surface area contributed by atoms with Crippen LogP contribution in [0.3, 0.4) is 0 Å². The Morgan fingerprint density at radius 3 is 2.20 bits per heavy atom. The summed E-state index contributed by atoms with van der Waals surface area (Å²) in [5.41, 5.74) is 1.39. The van der Waals surface area contributed by atoms with Crippen LogP contribution < -0.4 is 15.1 Å². The lowest BCUT2D eigenvalue weighted by Crippen LogP contribution is -2.53. The van der Waals surface area contributed by atoms with Gasteiger partial charge in [0.05, 0.1) is 46.6 Å². The molecular formula is C39H28Cl3F3N4O6. The SMILES string of the molecule is COc1cc(O)ccc1C1C2=CCC3C(=O)N(c4ccc(Cl)cc4)C(=O)C3C2CC2C(=O)N(Nc3ncc(C(F)(F)F)cc3Cl)C(=O)C21c1ccc(Cl)cc1. The number of benzene rings is 3. The van der Waals surface area contributed by atoms with Gasteiger partial charge in [-0.1, -0.05) is 64.7 Å². The van der Waals surface area contributed by atoms with E-state index in [-0.39, 0.29) is 30.2 Å². The Bertz CT molecular complexity index is 2320. The lowest BCUT2D eigenvalue weighted by Gasteiger charge is -2.50. The number of amides is 4. The molecule has 1 aromatic heterocycles. The molecule has 3 heterocycles. The van der Waals surface area contributed by atoms with E-state index in [4.69, 9.17) is 39.5 Å². The maximum Gasteiger partial charge on any atom is 0.417 e. The quantitative estimate of drug-likeness (QED) is 0.148. The van der Waals surface area contributed by atoms with Crippen molar-refractivity contribution in [1.29, 1.82) is 0 Å². The molecule has 0 bridgehead atoms. The van der Waals surface area contributed by atoms with Crippen LogP contribution in [0.15, 0.2) is 90.6 Å². The van der Waals surface area contributed by atoms with Gasteiger partial charge in [-0.2, -0.15) is 18.2 Å². The zero-order chi connectivity index (χ0) is 39.1. The normalized spacial score (nSPS) is 26.1. The number of hydrogen-bond acceptors (Lipinski definition) is 8. The van der Waals surface area contributed by atoms with Gasteiger partial charge in [-0.15, -0.1) is 0 Å². The molecule has 55 heavy (non-hydrogen) atoms. The molecule has 2 saturated heterocycles. The van der Waals surface area contributed by atoms with Gasteiger partial charge in [-0.25, -0.2) is 4.98 Å². The molecule has 282 valence electrons. The first-order valence-electron chi connectivity index (χ1n) is 17.0. The number of carbonyl (C=O) groups is 4. The Morgan fingerprint density at radius 2 is 1.56 bits per heavy atom. The molecule has 0 spiro atoms. The van der Waals surface area contributed by atoms with E-state index in [0.29, 0.717) is 49.7 Å². The molecule has 10 nitrogen and oxygen atoms in total. The lowest BCUT2D eigenvalue weighted by molar-refractivity contribution is -0.139. The third-order valence-electron chi connectivity index (χ3n) is 11.2. The number of alkyl halides is 3. The zero-order valence-corrected chi connectivity index (χ0v) is 30.7. The number of rotatable bonds is 6. The van der Waals surface area contributed by atoms with Gasteiger partial charge in [-0.05, 0) is 72.9 Å². The second-order valence-corrected chi connectivity index (χ2v) is 15.1. The highest BCUT2D eigenvalue weighted by Crippen LogP contribution is 2.65. The minimum atomic E-state index is -4.76. The fourth-order valence-electron chi connectivity index (χ4n) is 8.91. The molecule has 2 aliphatic heterocycles. The van der Waals surface area contributed by atoms with Gasteiger partial charge in [0, 0.05) is 33.8 Å². The highest BCUT2D eigenvalue weighted by atomic mass is 35.5. The van der Waals surface area contributed by atoms with E-state index in [1.54, 1.807) is 54.6 Å². The van der Waals surface area contributed by atoms with E-state index in [0.717, 1.165) is 4.90 Å². The standard InChI is InChI=1S/C39H28Cl3F3N4O6/c1-55-30-15-23(50)10-11-25(30)32-24-12-13-26-31(36(53)48(34(26)51)22-8-6-21(41)7-9-22)27(24)16-28-35(52)49(37(54)38(28,32)18-2-4-20(40)5-3-18)47-33-29(42)14-19(17-46-33)39(43,44)45/h2-12,14-15,17,26-28,31-32,50H,13,16H2,1H3,(H,46,47). The Labute approximate surface area is 326 Å². The number of carbonyl (C=O) groups excluding carboxylic acids is 4. The number of fused-ring (bicyclic) bond motifs is 4. The van der Waals surface area contributed by atoms with Crippen LogP contribution in [0.25, 0.3) is 0 Å². The van der Waals surface area contributed by atoms with Crippen LogP contribution in [0.1, 0.15) is 35.4 Å². The average molecular weight is 812 g/mol. The van der Waals surface area contributed by atoms with Crippen LogP contribution in [-0.4, -0.2) is 45.8 Å². The topological polar surface area (TPSA) is 129 Å². The Hall–Kier alpha value is -5.11. The number of pyridine rings is 1. The molecule has 1 saturated carbocycles. The number of phenolic OH excluding ortho intramolecular Hbond substituents is 1. The number of hydrogen-bond donors (Lipinski definition) is 2. The largest absolute Gasteiger partial charge is 0.508 e. The van der Waals surface area contributed by atoms with Crippen molar-refractivity contribution in [1.82, 2.24) is 9.99 Å². The number of nitrogens with zero attached hydrogens (tertiary/aromatic N) is 3. The number of nitrogens with one attached hydrogen (secondary N) is 1. The van der Waals surface area contributed by atoms with E-state index in [2.05, 4.69) is 10.4 Å². The Balaban J connectivity index is 1.32. The van der Waals surface area contributed by atoms with Gasteiger partial charge in [0.15, 0.2) is 5.82 Å². The van der Waals surface area contributed by atoms with E-state index in [9.17, 15) is 32.7 Å². The minimum Gasteiger partial charge on any atom is -0.508 e. The molecule has 4 amide bonds. The van der Waals surface area contributed by atoms with Crippen LogP contribution in [0.5, 0.6) is 11.5 Å². The van der Waals surface area contributed by atoms with Gasteiger partial charge in [0.25, 0.3) is 11.8 Å². The number of ether oxygens (including phenoxy) is 1. The van der Waals surface area contributed by atoms with Crippen molar-refractivity contribution in [3.05, 3.63) is 122 Å². The van der Waals surface area contributed by atoms with Crippen molar-refractivity contribution in [3.63, 3.8) is 0 Å². The van der Waals surface area contributed by atoms with Gasteiger partial charge in [0.1, 0.15) is 11.5 Å². The van der Waals surface area contributed by atoms with E-state index < -0.39 is 75.4 Å². The summed E-state index contributed by atoms with van der Waals surface area (Å²) in [6, 6.07) is 17.6. The first-order valence-corrected chi connectivity index (χ1v) is 18.1. The number of aromatic hydroxyl groups is 1. The average Bonchev–Trinajstić information content (AvgIpc) is 3.53. The number of aromatic nitrogens is 1. The van der Waals surface area contributed by atoms with Crippen LogP contribution in [0.2, 0.25) is 15.1 Å². The van der Waals surface area contributed by atoms with E-state index >= 15 is 4.79 Å². The molecule has 2 N–H and O–H groups in total. The summed E-state index contributed by atoms with van der Waals surface area (Å²) < 4.78 is 46.2. The maximum absolute atomic E-state index is 15.3. The van der Waals surface area contributed by atoms with Gasteiger partial charge >= 0.3 is 6.18 Å². The summed E-state index contributed by atoms with van der Waals surface area (Å²) in [6.45, 7) is 0. The molecule has 0 radical (unpaired) electrons. The van der Waals surface area contributed by atoms with Crippen molar-refractivity contribution in [2.75, 3.05) is 17.4 Å². The molecule has 4 aromatic rings. The van der Waals surface area contributed by atoms with Crippen LogP contribution in [0.4, 0.5) is 24.7 Å². The summed E-state index contributed by atoms with van der Waals surface area (Å²) in [4.78, 5) is 63.6. The number of methoxy groups -OCH3 is 1. The Kier molecular flexibility index (Phi) is 8.90. The van der Waals surface area contributed by atoms with Gasteiger partial charge < -0.3 is 9.84 Å². The van der Waals surface area contributed by atoms with Crippen LogP contribution in [-0.2, 0) is 30.8 Å². The van der Waals surface area contributed by atoms with Crippen molar-refractivity contribution in [2.45, 2.75) is 30.4 Å². The number of halogens is 6. The predicted molar refractivity (Wildman–Crippen MR) is 195 cm³/mol. The first-order chi connectivity index (χ1) is 26.2. The van der Waals surface area contributed by atoms with Gasteiger partial charge in [0.2, 0.25) is 11.8 Å². The minimum absolute atomic E-state index is 0.0725. The van der Waals surface area contributed by atoms with Crippen molar-refractivity contribution >= 4 is 69.9 Å². The number of hydrazine groups is 1. The van der Waals surface area contributed by atoms with Crippen molar-refractivity contribution < 1.29 is 42.2 Å². The zero-order valence-electron chi connectivity index (χ0n) is 28.5. The molecule has 16 heteroatoms. The third-order valence-corrected chi connectivity index (χ3v) is 12.0. The summed E-state index contributed by atoms with van der Waals surface area (Å²) in [5, 5.41) is 11.5. The summed E-state index contributed by atoms with van der Waals surface area (Å²) in [5.74, 6) is -7.51. The maximum atomic E-state index is 15.3. The molecule has 6 unspecified atom stereocenters. The molecule has 3 fully saturated rings. The summed E-state index contributed by atoms with van der Waals surface area (Å²) >= 11 is 18.7. The predicted octanol–water partition coefficient (Wildman–Crippen LogP) is 7.96. The van der Waals surface area contributed by atoms with Crippen LogP contribution >= 0.6 is 34.8 Å². The Morgan fingerprint density at radius 1 is 0.891 bits per heavy atom. The highest BCUT2D eigenvalue weighted by Gasteiger charge is 2.70. The smallest absolute Gasteiger partial charge is 0.417 e. The monoisotopic (exact) mass is 810 g/mol. The molecular weight excluding hydrogens is 784 g/mol. The molecule has 2 aliphatic carbocycles. The van der Waals surface area contributed by atoms with Crippen molar-refractivity contribution in [2.24, 2.45) is 23.7 Å². The number of phenols is 1. The second-order valence-electron chi connectivity index (χ2n) is 13.8. The van der Waals surface area contributed by atoms with E-state index in [1.807, 2.05) is 6.08 Å². The molecule has 6 atom stereocenters. The van der Waals surface area contributed by atoms with Gasteiger partial charge in [-0.3, -0.25) is 29.5 Å². The van der Waals surface area contributed by atoms with Crippen molar-refractivity contribution in [3.8, 4) is 11.5 Å². The van der Waals surface area contributed by atoms with Crippen LogP contribution in [0, 0.1) is 23.7 Å². The fourth-order valence-corrected chi connectivity index (χ4v) is 9.37.